The predicted octanol–water partition coefficient (Wildman–Crippen LogP) is 6.73. The van der Waals surface area contributed by atoms with Crippen LogP contribution in [0, 0.1) is 17.0 Å². The van der Waals surface area contributed by atoms with E-state index in [0.29, 0.717) is 40.1 Å². The summed E-state index contributed by atoms with van der Waals surface area (Å²) in [5.74, 6) is 0.291. The molecule has 2 aliphatic rings. The number of ether oxygens (including phenoxy) is 3. The maximum Gasteiger partial charge on any atom is 0.251 e. The zero-order valence-electron chi connectivity index (χ0n) is 21.1. The molecule has 0 saturated heterocycles. The molecule has 2 heterocycles. The zero-order valence-corrected chi connectivity index (χ0v) is 22.6. The number of carbonyl (C=O) groups excluding carboxylic acids is 1. The standard InChI is InChI=1S/C29H28Cl2N2O5/c1-18(27(34)19-8-4-3-5-9-19)29(37-25-13-12-21(30)14-22(25)31)38-26-17-32-15-20-10-6-7-11-23(20)33(35)16-24(32)28(26)36-2/h3-5,8-9,11-14,16-18,20,29H,6-7,10,15H2,1-2H3/t18?,20-,29?/m0/s1. The molecule has 0 radical (unpaired) electrons. The van der Waals surface area contributed by atoms with Crippen LogP contribution in [0.5, 0.6) is 17.2 Å². The summed E-state index contributed by atoms with van der Waals surface area (Å²) in [6, 6.07) is 13.8. The first-order chi connectivity index (χ1) is 18.4. The molecule has 9 heteroatoms. The molecule has 38 heavy (non-hydrogen) atoms. The summed E-state index contributed by atoms with van der Waals surface area (Å²) in [6.07, 6.45) is 7.15. The molecule has 7 nitrogen and oxygen atoms in total. The highest BCUT2D eigenvalue weighted by molar-refractivity contribution is 6.35. The molecule has 0 amide bonds. The van der Waals surface area contributed by atoms with Gasteiger partial charge in [0.05, 0.1) is 30.2 Å². The van der Waals surface area contributed by atoms with Gasteiger partial charge in [-0.25, -0.2) is 0 Å². The number of ketones is 1. The van der Waals surface area contributed by atoms with Crippen molar-refractivity contribution in [1.29, 1.82) is 0 Å². The largest absolute Gasteiger partial charge is 0.618 e. The average Bonchev–Trinajstić information content (AvgIpc) is 3.16. The van der Waals surface area contributed by atoms with E-state index in [4.69, 9.17) is 37.4 Å². The zero-order chi connectivity index (χ0) is 26.8. The monoisotopic (exact) mass is 554 g/mol. The number of allylic oxidation sites excluding steroid dienone is 2. The minimum atomic E-state index is -1.06. The first-order valence-corrected chi connectivity index (χ1v) is 13.3. The molecule has 2 aromatic carbocycles. The summed E-state index contributed by atoms with van der Waals surface area (Å²) in [4.78, 5) is 13.4. The van der Waals surface area contributed by atoms with E-state index < -0.39 is 12.2 Å². The van der Waals surface area contributed by atoms with Crippen LogP contribution in [-0.2, 0) is 6.54 Å². The van der Waals surface area contributed by atoms with E-state index >= 15 is 0 Å². The van der Waals surface area contributed by atoms with Gasteiger partial charge in [-0.1, -0.05) is 53.5 Å². The Labute approximate surface area is 231 Å². The molecule has 198 valence electrons. The van der Waals surface area contributed by atoms with E-state index in [1.54, 1.807) is 55.6 Å². The minimum Gasteiger partial charge on any atom is -0.618 e. The van der Waals surface area contributed by atoms with Gasteiger partial charge < -0.3 is 24.0 Å². The number of rotatable bonds is 8. The molecule has 2 unspecified atom stereocenters. The summed E-state index contributed by atoms with van der Waals surface area (Å²) in [7, 11) is 1.52. The van der Waals surface area contributed by atoms with E-state index in [1.807, 2.05) is 16.7 Å². The Morgan fingerprint density at radius 2 is 1.89 bits per heavy atom. The fourth-order valence-electron chi connectivity index (χ4n) is 4.94. The topological polar surface area (TPSA) is 75.8 Å². The highest BCUT2D eigenvalue weighted by Crippen LogP contribution is 2.39. The normalized spacial score (nSPS) is 18.2. The molecule has 1 aliphatic heterocycles. The number of carbonyl (C=O) groups is 1. The van der Waals surface area contributed by atoms with Crippen LogP contribution in [0.4, 0.5) is 0 Å². The van der Waals surface area contributed by atoms with Crippen molar-refractivity contribution in [3.05, 3.63) is 93.0 Å². The molecule has 0 spiro atoms. The molecular formula is C29H28Cl2N2O5. The van der Waals surface area contributed by atoms with Gasteiger partial charge in [0.25, 0.3) is 6.29 Å². The Bertz CT molecular complexity index is 1400. The fraction of sp³-hybridized carbons (Fsp3) is 0.310. The maximum absolute atomic E-state index is 13.4. The van der Waals surface area contributed by atoms with Crippen molar-refractivity contribution >= 4 is 35.2 Å². The molecule has 0 N–H and O–H groups in total. The lowest BCUT2D eigenvalue weighted by molar-refractivity contribution is -0.406. The van der Waals surface area contributed by atoms with Gasteiger partial charge in [-0.3, -0.25) is 4.79 Å². The molecule has 1 aliphatic carbocycles. The number of hydrogen-bond acceptors (Lipinski definition) is 5. The number of fused-ring (bicyclic) bond motifs is 2. The number of hydrogen-bond donors (Lipinski definition) is 0. The predicted molar refractivity (Wildman–Crippen MR) is 147 cm³/mol. The maximum atomic E-state index is 13.4. The molecule has 1 aromatic heterocycles. The van der Waals surface area contributed by atoms with E-state index in [-0.39, 0.29) is 16.7 Å². The SMILES string of the molecule is COc1c(OC(Oc2ccc(Cl)cc2Cl)C(C)C(=O)c2ccccc2)cn2c1C=[N+]([O-])C1=CCCC[C@H]1C2. The third-order valence-electron chi connectivity index (χ3n) is 6.94. The summed E-state index contributed by atoms with van der Waals surface area (Å²) < 4.78 is 21.1. The van der Waals surface area contributed by atoms with Crippen molar-refractivity contribution in [3.63, 3.8) is 0 Å². The molecule has 5 rings (SSSR count). The van der Waals surface area contributed by atoms with Crippen molar-refractivity contribution in [2.45, 2.75) is 39.0 Å². The van der Waals surface area contributed by atoms with Gasteiger partial charge in [0.2, 0.25) is 6.21 Å². The third kappa shape index (κ3) is 5.26. The van der Waals surface area contributed by atoms with Gasteiger partial charge in [0, 0.05) is 17.1 Å². The lowest BCUT2D eigenvalue weighted by Gasteiger charge is -2.25. The van der Waals surface area contributed by atoms with Crippen LogP contribution >= 0.6 is 23.2 Å². The van der Waals surface area contributed by atoms with Gasteiger partial charge in [-0.05, 0) is 50.5 Å². The average molecular weight is 555 g/mol. The second-order valence-corrected chi connectivity index (χ2v) is 10.3. The van der Waals surface area contributed by atoms with Crippen molar-refractivity contribution < 1.29 is 23.7 Å². The van der Waals surface area contributed by atoms with Crippen LogP contribution in [-0.4, -0.2) is 34.7 Å². The number of benzene rings is 2. The van der Waals surface area contributed by atoms with E-state index in [9.17, 15) is 10.0 Å². The summed E-state index contributed by atoms with van der Waals surface area (Å²) in [5, 5.41) is 13.7. The summed E-state index contributed by atoms with van der Waals surface area (Å²) >= 11 is 12.5. The highest BCUT2D eigenvalue weighted by Gasteiger charge is 2.34. The molecule has 3 atom stereocenters. The molecule has 0 saturated carbocycles. The first-order valence-electron chi connectivity index (χ1n) is 12.5. The third-order valence-corrected chi connectivity index (χ3v) is 7.47. The number of hydroxylamine groups is 1. The number of nitrogens with zero attached hydrogens (tertiary/aromatic N) is 2. The van der Waals surface area contributed by atoms with E-state index in [0.717, 1.165) is 29.7 Å². The van der Waals surface area contributed by atoms with Gasteiger partial charge in [0.1, 0.15) is 5.75 Å². The van der Waals surface area contributed by atoms with Crippen molar-refractivity contribution in [2.24, 2.45) is 11.8 Å². The number of halogens is 2. The van der Waals surface area contributed by atoms with Crippen LogP contribution in [0.15, 0.2) is 66.5 Å². The number of Topliss-reactive ketones (excluding diaryl/α,β-unsaturated/α-hetero) is 1. The van der Waals surface area contributed by atoms with Crippen LogP contribution in [0.3, 0.4) is 0 Å². The van der Waals surface area contributed by atoms with Crippen LogP contribution in [0.1, 0.15) is 42.2 Å². The van der Waals surface area contributed by atoms with Crippen LogP contribution < -0.4 is 14.2 Å². The minimum absolute atomic E-state index is 0.0993. The van der Waals surface area contributed by atoms with E-state index in [1.165, 1.54) is 13.3 Å². The van der Waals surface area contributed by atoms with Gasteiger partial charge in [0.15, 0.2) is 28.7 Å². The fourth-order valence-corrected chi connectivity index (χ4v) is 5.40. The van der Waals surface area contributed by atoms with Crippen molar-refractivity contribution in [3.8, 4) is 17.2 Å². The Morgan fingerprint density at radius 3 is 2.63 bits per heavy atom. The van der Waals surface area contributed by atoms with Crippen LogP contribution in [0.25, 0.3) is 0 Å². The summed E-state index contributed by atoms with van der Waals surface area (Å²) in [5.41, 5.74) is 1.91. The Kier molecular flexibility index (Phi) is 7.68. The molecule has 3 aromatic rings. The molecule has 0 fully saturated rings. The highest BCUT2D eigenvalue weighted by atomic mass is 35.5. The van der Waals surface area contributed by atoms with Gasteiger partial charge in [-0.15, -0.1) is 0 Å². The lowest BCUT2D eigenvalue weighted by atomic mass is 9.92. The number of aromatic nitrogens is 1. The molecule has 0 bridgehead atoms. The van der Waals surface area contributed by atoms with E-state index in [2.05, 4.69) is 0 Å². The quantitative estimate of drug-likeness (QED) is 0.133. The Balaban J connectivity index is 1.51. The van der Waals surface area contributed by atoms with Gasteiger partial charge >= 0.3 is 0 Å². The molecular weight excluding hydrogens is 527 g/mol. The van der Waals surface area contributed by atoms with Crippen molar-refractivity contribution in [1.82, 2.24) is 4.57 Å². The second-order valence-electron chi connectivity index (χ2n) is 9.47. The van der Waals surface area contributed by atoms with Crippen LogP contribution in [0.2, 0.25) is 10.0 Å². The smallest absolute Gasteiger partial charge is 0.251 e. The Hall–Kier alpha value is -3.42. The second kappa shape index (κ2) is 11.1. The van der Waals surface area contributed by atoms with Gasteiger partial charge in [-0.2, -0.15) is 4.74 Å². The lowest BCUT2D eigenvalue weighted by Crippen LogP contribution is -2.36. The summed E-state index contributed by atoms with van der Waals surface area (Å²) in [6.45, 7) is 2.35. The first kappa shape index (κ1) is 26.2. The Morgan fingerprint density at radius 1 is 1.13 bits per heavy atom. The van der Waals surface area contributed by atoms with Crippen molar-refractivity contribution in [2.75, 3.05) is 7.11 Å². The number of methoxy groups -OCH3 is 1.